The normalized spacial score (nSPS) is 10.5. The van der Waals surface area contributed by atoms with Gasteiger partial charge in [0.25, 0.3) is 0 Å². The first-order chi connectivity index (χ1) is 8.22. The van der Waals surface area contributed by atoms with E-state index in [9.17, 15) is 0 Å². The van der Waals surface area contributed by atoms with E-state index in [0.717, 1.165) is 29.4 Å². The van der Waals surface area contributed by atoms with Crippen LogP contribution in [0.25, 0.3) is 0 Å². The molecule has 17 heavy (non-hydrogen) atoms. The summed E-state index contributed by atoms with van der Waals surface area (Å²) >= 11 is 0. The van der Waals surface area contributed by atoms with Crippen molar-refractivity contribution in [1.82, 2.24) is 9.55 Å². The summed E-state index contributed by atoms with van der Waals surface area (Å²) in [5.41, 5.74) is 2.28. The van der Waals surface area contributed by atoms with E-state index in [1.165, 1.54) is 0 Å². The third-order valence-electron chi connectivity index (χ3n) is 2.92. The molecule has 0 saturated carbocycles. The number of hydrogen-bond donors (Lipinski definition) is 0. The van der Waals surface area contributed by atoms with Crippen LogP contribution in [0.4, 0.5) is 0 Å². The molecule has 0 N–H and O–H groups in total. The second kappa shape index (κ2) is 5.04. The summed E-state index contributed by atoms with van der Waals surface area (Å²) in [5.74, 6) is 1.98. The fourth-order valence-corrected chi connectivity index (χ4v) is 1.93. The van der Waals surface area contributed by atoms with Crippen LogP contribution in [-0.4, -0.2) is 9.55 Å². The number of aryl methyl sites for hydroxylation is 2. The lowest BCUT2D eigenvalue weighted by molar-refractivity contribution is 0.293. The number of aromatic nitrogens is 2. The van der Waals surface area contributed by atoms with Gasteiger partial charge in [-0.3, -0.25) is 0 Å². The number of hydrogen-bond acceptors (Lipinski definition) is 2. The van der Waals surface area contributed by atoms with Crippen molar-refractivity contribution in [3.63, 3.8) is 0 Å². The maximum Gasteiger partial charge on any atom is 0.130 e. The molecule has 1 aromatic heterocycles. The van der Waals surface area contributed by atoms with Crippen LogP contribution in [0.15, 0.2) is 30.5 Å². The quantitative estimate of drug-likeness (QED) is 0.807. The van der Waals surface area contributed by atoms with Gasteiger partial charge < -0.3 is 9.30 Å². The van der Waals surface area contributed by atoms with Gasteiger partial charge in [0.15, 0.2) is 0 Å². The first-order valence-corrected chi connectivity index (χ1v) is 5.91. The maximum atomic E-state index is 5.82. The molecule has 0 aliphatic carbocycles. The zero-order valence-corrected chi connectivity index (χ0v) is 10.6. The number of para-hydroxylation sites is 1. The van der Waals surface area contributed by atoms with Crippen LogP contribution in [-0.2, 0) is 13.2 Å². The minimum absolute atomic E-state index is 0.569. The summed E-state index contributed by atoms with van der Waals surface area (Å²) in [5, 5.41) is 0. The van der Waals surface area contributed by atoms with Gasteiger partial charge in [0.1, 0.15) is 18.2 Å². The topological polar surface area (TPSA) is 27.1 Å². The number of benzene rings is 1. The second-order valence-corrected chi connectivity index (χ2v) is 4.10. The van der Waals surface area contributed by atoms with Crippen molar-refractivity contribution in [2.45, 2.75) is 33.9 Å². The van der Waals surface area contributed by atoms with E-state index in [0.29, 0.717) is 6.61 Å². The molecule has 0 unspecified atom stereocenters. The molecule has 0 aliphatic rings. The number of nitrogens with zero attached hydrogens (tertiary/aromatic N) is 2. The highest BCUT2D eigenvalue weighted by molar-refractivity contribution is 5.31. The van der Waals surface area contributed by atoms with E-state index < -0.39 is 0 Å². The third kappa shape index (κ3) is 2.49. The van der Waals surface area contributed by atoms with Crippen molar-refractivity contribution >= 4 is 0 Å². The summed E-state index contributed by atoms with van der Waals surface area (Å²) in [6, 6.07) is 8.06. The summed E-state index contributed by atoms with van der Waals surface area (Å²) in [6.07, 6.45) is 1.89. The Morgan fingerprint density at radius 3 is 2.71 bits per heavy atom. The molecule has 0 fully saturated rings. The molecule has 3 heteroatoms. The highest BCUT2D eigenvalue weighted by Gasteiger charge is 2.06. The molecule has 1 aromatic carbocycles. The summed E-state index contributed by atoms with van der Waals surface area (Å²) in [6.45, 7) is 7.68. The smallest absolute Gasteiger partial charge is 0.130 e. The highest BCUT2D eigenvalue weighted by Crippen LogP contribution is 2.18. The standard InChI is InChI=1S/C14H18N2O/c1-4-16-12(3)15-9-13(16)10-17-14-8-6-5-7-11(14)2/h5-9H,4,10H2,1-3H3. The van der Waals surface area contributed by atoms with Gasteiger partial charge in [-0.05, 0) is 32.4 Å². The van der Waals surface area contributed by atoms with Crippen LogP contribution >= 0.6 is 0 Å². The average Bonchev–Trinajstić information content (AvgIpc) is 2.69. The molecule has 0 aliphatic heterocycles. The Labute approximate surface area is 102 Å². The first-order valence-electron chi connectivity index (χ1n) is 5.91. The molecular weight excluding hydrogens is 212 g/mol. The van der Waals surface area contributed by atoms with Gasteiger partial charge in [-0.25, -0.2) is 4.98 Å². The predicted molar refractivity (Wildman–Crippen MR) is 68.1 cm³/mol. The molecule has 0 amide bonds. The van der Waals surface area contributed by atoms with Crippen LogP contribution in [0, 0.1) is 13.8 Å². The summed E-state index contributed by atoms with van der Waals surface area (Å²) in [7, 11) is 0. The van der Waals surface area contributed by atoms with Crippen LogP contribution in [0.3, 0.4) is 0 Å². The van der Waals surface area contributed by atoms with E-state index in [4.69, 9.17) is 4.74 Å². The first kappa shape index (κ1) is 11.7. The maximum absolute atomic E-state index is 5.82. The molecule has 3 nitrogen and oxygen atoms in total. The van der Waals surface area contributed by atoms with Gasteiger partial charge in [0.05, 0.1) is 11.9 Å². The molecule has 0 radical (unpaired) electrons. The Bertz CT molecular complexity index is 503. The molecule has 2 rings (SSSR count). The van der Waals surface area contributed by atoms with Crippen LogP contribution < -0.4 is 4.74 Å². The molecular formula is C14H18N2O. The van der Waals surface area contributed by atoms with Crippen molar-refractivity contribution in [3.8, 4) is 5.75 Å². The summed E-state index contributed by atoms with van der Waals surface area (Å²) < 4.78 is 7.98. The predicted octanol–water partition coefficient (Wildman–Crippen LogP) is 3.10. The van der Waals surface area contributed by atoms with E-state index >= 15 is 0 Å². The lowest BCUT2D eigenvalue weighted by Crippen LogP contribution is -2.06. The zero-order valence-electron chi connectivity index (χ0n) is 10.6. The molecule has 0 bridgehead atoms. The zero-order chi connectivity index (χ0) is 12.3. The van der Waals surface area contributed by atoms with Gasteiger partial charge in [0, 0.05) is 6.54 Å². The fraction of sp³-hybridized carbons (Fsp3) is 0.357. The monoisotopic (exact) mass is 230 g/mol. The minimum atomic E-state index is 0.569. The van der Waals surface area contributed by atoms with Gasteiger partial charge in [0.2, 0.25) is 0 Å². The van der Waals surface area contributed by atoms with E-state index in [1.54, 1.807) is 0 Å². The van der Waals surface area contributed by atoms with Crippen molar-refractivity contribution in [3.05, 3.63) is 47.5 Å². The Balaban J connectivity index is 2.10. The summed E-state index contributed by atoms with van der Waals surface area (Å²) in [4.78, 5) is 4.31. The molecule has 2 aromatic rings. The van der Waals surface area contributed by atoms with E-state index in [1.807, 2.05) is 31.3 Å². The van der Waals surface area contributed by atoms with Crippen molar-refractivity contribution in [1.29, 1.82) is 0 Å². The van der Waals surface area contributed by atoms with Gasteiger partial charge >= 0.3 is 0 Å². The highest BCUT2D eigenvalue weighted by atomic mass is 16.5. The Morgan fingerprint density at radius 2 is 2.00 bits per heavy atom. The van der Waals surface area contributed by atoms with E-state index in [-0.39, 0.29) is 0 Å². The van der Waals surface area contributed by atoms with Crippen LogP contribution in [0.2, 0.25) is 0 Å². The van der Waals surface area contributed by atoms with Crippen LogP contribution in [0.1, 0.15) is 24.0 Å². The second-order valence-electron chi connectivity index (χ2n) is 4.10. The Hall–Kier alpha value is -1.77. The molecule has 0 atom stereocenters. The van der Waals surface area contributed by atoms with Gasteiger partial charge in [-0.15, -0.1) is 0 Å². The average molecular weight is 230 g/mol. The minimum Gasteiger partial charge on any atom is -0.487 e. The number of ether oxygens (including phenoxy) is 1. The van der Waals surface area contributed by atoms with E-state index in [2.05, 4.69) is 29.5 Å². The third-order valence-corrected chi connectivity index (χ3v) is 2.92. The van der Waals surface area contributed by atoms with Crippen molar-refractivity contribution in [2.24, 2.45) is 0 Å². The van der Waals surface area contributed by atoms with Crippen LogP contribution in [0.5, 0.6) is 5.75 Å². The lowest BCUT2D eigenvalue weighted by atomic mass is 10.2. The lowest BCUT2D eigenvalue weighted by Gasteiger charge is -2.10. The number of imidazole rings is 1. The molecule has 0 saturated heterocycles. The largest absolute Gasteiger partial charge is 0.487 e. The molecule has 90 valence electrons. The SMILES string of the molecule is CCn1c(COc2ccccc2C)cnc1C. The Kier molecular flexibility index (Phi) is 3.47. The van der Waals surface area contributed by atoms with Gasteiger partial charge in [-0.2, -0.15) is 0 Å². The molecule has 0 spiro atoms. The number of rotatable bonds is 4. The van der Waals surface area contributed by atoms with Crippen molar-refractivity contribution < 1.29 is 4.74 Å². The Morgan fingerprint density at radius 1 is 1.24 bits per heavy atom. The van der Waals surface area contributed by atoms with Crippen molar-refractivity contribution in [2.75, 3.05) is 0 Å². The molecule has 1 heterocycles. The van der Waals surface area contributed by atoms with Gasteiger partial charge in [-0.1, -0.05) is 18.2 Å². The fourth-order valence-electron chi connectivity index (χ4n) is 1.93.